The molecule has 0 bridgehead atoms. The first-order valence-electron chi connectivity index (χ1n) is 4.72. The lowest BCUT2D eigenvalue weighted by Gasteiger charge is -2.17. The van der Waals surface area contributed by atoms with Crippen LogP contribution in [0, 0.1) is 0 Å². The SMILES string of the molecule is COc1ccc(NC(C)C(C)O)cc1. The minimum absolute atomic E-state index is 0.0448. The molecular weight excluding hydrogens is 178 g/mol. The van der Waals surface area contributed by atoms with Crippen molar-refractivity contribution in [3.8, 4) is 5.75 Å². The zero-order valence-electron chi connectivity index (χ0n) is 8.82. The molecule has 0 fully saturated rings. The smallest absolute Gasteiger partial charge is 0.119 e. The number of methoxy groups -OCH3 is 1. The van der Waals surface area contributed by atoms with E-state index in [2.05, 4.69) is 5.32 Å². The van der Waals surface area contributed by atoms with Gasteiger partial charge in [0.15, 0.2) is 0 Å². The Balaban J connectivity index is 2.59. The topological polar surface area (TPSA) is 41.5 Å². The minimum Gasteiger partial charge on any atom is -0.497 e. The molecular formula is C11H17NO2. The molecule has 78 valence electrons. The molecule has 0 spiro atoms. The molecule has 0 radical (unpaired) electrons. The van der Waals surface area contributed by atoms with Gasteiger partial charge in [-0.25, -0.2) is 0 Å². The Morgan fingerprint density at radius 1 is 1.21 bits per heavy atom. The highest BCUT2D eigenvalue weighted by atomic mass is 16.5. The molecule has 0 saturated heterocycles. The molecule has 0 aliphatic heterocycles. The number of aliphatic hydroxyl groups excluding tert-OH is 1. The summed E-state index contributed by atoms with van der Waals surface area (Å²) in [5.41, 5.74) is 0.985. The molecule has 2 unspecified atom stereocenters. The third-order valence-corrected chi connectivity index (χ3v) is 2.21. The number of hydrogen-bond acceptors (Lipinski definition) is 3. The Morgan fingerprint density at radius 2 is 1.79 bits per heavy atom. The maximum Gasteiger partial charge on any atom is 0.119 e. The van der Waals surface area contributed by atoms with Crippen molar-refractivity contribution in [2.24, 2.45) is 0 Å². The second-order valence-corrected chi connectivity index (χ2v) is 3.40. The van der Waals surface area contributed by atoms with Crippen LogP contribution in [0.4, 0.5) is 5.69 Å². The lowest BCUT2D eigenvalue weighted by atomic mass is 10.2. The van der Waals surface area contributed by atoms with Gasteiger partial charge in [0.25, 0.3) is 0 Å². The number of benzene rings is 1. The number of anilines is 1. The monoisotopic (exact) mass is 195 g/mol. The summed E-state index contributed by atoms with van der Waals surface area (Å²) in [6, 6.07) is 7.67. The van der Waals surface area contributed by atoms with E-state index in [9.17, 15) is 5.11 Å². The minimum atomic E-state index is -0.364. The molecule has 0 aliphatic carbocycles. The summed E-state index contributed by atoms with van der Waals surface area (Å²) in [7, 11) is 1.64. The molecule has 0 aliphatic rings. The molecule has 2 N–H and O–H groups in total. The van der Waals surface area contributed by atoms with E-state index in [0.29, 0.717) is 0 Å². The highest BCUT2D eigenvalue weighted by Gasteiger charge is 2.07. The summed E-state index contributed by atoms with van der Waals surface area (Å²) < 4.78 is 5.04. The largest absolute Gasteiger partial charge is 0.497 e. The Bertz CT molecular complexity index is 269. The fourth-order valence-corrected chi connectivity index (χ4v) is 1.07. The van der Waals surface area contributed by atoms with Gasteiger partial charge in [-0.1, -0.05) is 0 Å². The predicted molar refractivity (Wildman–Crippen MR) is 57.8 cm³/mol. The average Bonchev–Trinajstić information content (AvgIpc) is 2.19. The van der Waals surface area contributed by atoms with Crippen LogP contribution in [0.25, 0.3) is 0 Å². The zero-order chi connectivity index (χ0) is 10.6. The fourth-order valence-electron chi connectivity index (χ4n) is 1.07. The third kappa shape index (κ3) is 2.92. The van der Waals surface area contributed by atoms with E-state index in [1.54, 1.807) is 14.0 Å². The highest BCUT2D eigenvalue weighted by Crippen LogP contribution is 2.16. The second kappa shape index (κ2) is 4.86. The van der Waals surface area contributed by atoms with Crippen molar-refractivity contribution in [3.63, 3.8) is 0 Å². The quantitative estimate of drug-likeness (QED) is 0.770. The maximum absolute atomic E-state index is 9.30. The number of aliphatic hydroxyl groups is 1. The van der Waals surface area contributed by atoms with Gasteiger partial charge in [-0.3, -0.25) is 0 Å². The summed E-state index contributed by atoms with van der Waals surface area (Å²) in [6.45, 7) is 3.70. The first-order valence-corrected chi connectivity index (χ1v) is 4.72. The Morgan fingerprint density at radius 3 is 2.21 bits per heavy atom. The van der Waals surface area contributed by atoms with Gasteiger partial charge in [0.2, 0.25) is 0 Å². The fraction of sp³-hybridized carbons (Fsp3) is 0.455. The number of hydrogen-bond donors (Lipinski definition) is 2. The lowest BCUT2D eigenvalue weighted by molar-refractivity contribution is 0.178. The molecule has 1 aromatic rings. The summed E-state index contributed by atoms with van der Waals surface area (Å²) in [5.74, 6) is 0.834. The normalized spacial score (nSPS) is 14.6. The first-order chi connectivity index (χ1) is 6.63. The summed E-state index contributed by atoms with van der Waals surface area (Å²) in [6.07, 6.45) is -0.364. The maximum atomic E-state index is 9.30. The van der Waals surface area contributed by atoms with Crippen molar-refractivity contribution in [1.29, 1.82) is 0 Å². The van der Waals surface area contributed by atoms with Gasteiger partial charge >= 0.3 is 0 Å². The van der Waals surface area contributed by atoms with Crippen LogP contribution in [-0.4, -0.2) is 24.4 Å². The van der Waals surface area contributed by atoms with E-state index in [1.165, 1.54) is 0 Å². The third-order valence-electron chi connectivity index (χ3n) is 2.21. The van der Waals surface area contributed by atoms with Gasteiger partial charge < -0.3 is 15.2 Å². The van der Waals surface area contributed by atoms with Gasteiger partial charge in [0.1, 0.15) is 5.75 Å². The molecule has 3 nitrogen and oxygen atoms in total. The van der Waals surface area contributed by atoms with Crippen molar-refractivity contribution < 1.29 is 9.84 Å². The van der Waals surface area contributed by atoms with E-state index in [4.69, 9.17) is 4.74 Å². The van der Waals surface area contributed by atoms with Crippen LogP contribution in [-0.2, 0) is 0 Å². The van der Waals surface area contributed by atoms with Crippen LogP contribution in [0.15, 0.2) is 24.3 Å². The van der Waals surface area contributed by atoms with E-state index >= 15 is 0 Å². The Labute approximate surface area is 84.7 Å². The lowest BCUT2D eigenvalue weighted by Crippen LogP contribution is -2.27. The molecule has 0 saturated carbocycles. The van der Waals surface area contributed by atoms with Crippen molar-refractivity contribution >= 4 is 5.69 Å². The number of nitrogens with one attached hydrogen (secondary N) is 1. The Kier molecular flexibility index (Phi) is 3.77. The van der Waals surface area contributed by atoms with Gasteiger partial charge in [-0.15, -0.1) is 0 Å². The van der Waals surface area contributed by atoms with Gasteiger partial charge in [-0.05, 0) is 38.1 Å². The molecule has 0 heterocycles. The first kappa shape index (κ1) is 10.9. The van der Waals surface area contributed by atoms with Crippen LogP contribution in [0.5, 0.6) is 5.75 Å². The van der Waals surface area contributed by atoms with Crippen LogP contribution < -0.4 is 10.1 Å². The van der Waals surface area contributed by atoms with Crippen molar-refractivity contribution in [2.75, 3.05) is 12.4 Å². The molecule has 0 aromatic heterocycles. The van der Waals surface area contributed by atoms with Gasteiger partial charge in [0.05, 0.1) is 13.2 Å². The molecule has 2 atom stereocenters. The summed E-state index contributed by atoms with van der Waals surface area (Å²) in [5, 5.41) is 12.5. The predicted octanol–water partition coefficient (Wildman–Crippen LogP) is 1.88. The van der Waals surface area contributed by atoms with E-state index < -0.39 is 0 Å². The van der Waals surface area contributed by atoms with E-state index in [0.717, 1.165) is 11.4 Å². The van der Waals surface area contributed by atoms with Gasteiger partial charge in [0, 0.05) is 11.7 Å². The molecule has 3 heteroatoms. The van der Waals surface area contributed by atoms with Crippen LogP contribution in [0.1, 0.15) is 13.8 Å². The molecule has 1 rings (SSSR count). The van der Waals surface area contributed by atoms with Gasteiger partial charge in [-0.2, -0.15) is 0 Å². The van der Waals surface area contributed by atoms with Crippen LogP contribution in [0.3, 0.4) is 0 Å². The zero-order valence-corrected chi connectivity index (χ0v) is 8.82. The highest BCUT2D eigenvalue weighted by molar-refractivity contribution is 5.47. The molecule has 1 aromatic carbocycles. The van der Waals surface area contributed by atoms with Crippen LogP contribution >= 0.6 is 0 Å². The average molecular weight is 195 g/mol. The standard InChI is InChI=1S/C11H17NO2/c1-8(9(2)13)12-10-4-6-11(14-3)7-5-10/h4-9,12-13H,1-3H3. The van der Waals surface area contributed by atoms with Crippen molar-refractivity contribution in [2.45, 2.75) is 26.0 Å². The number of rotatable bonds is 4. The number of ether oxygens (including phenoxy) is 1. The van der Waals surface area contributed by atoms with E-state index in [-0.39, 0.29) is 12.1 Å². The van der Waals surface area contributed by atoms with E-state index in [1.807, 2.05) is 31.2 Å². The molecule has 0 amide bonds. The Hall–Kier alpha value is -1.22. The summed E-state index contributed by atoms with van der Waals surface area (Å²) >= 11 is 0. The second-order valence-electron chi connectivity index (χ2n) is 3.40. The van der Waals surface area contributed by atoms with Crippen molar-refractivity contribution in [1.82, 2.24) is 0 Å². The summed E-state index contributed by atoms with van der Waals surface area (Å²) in [4.78, 5) is 0. The van der Waals surface area contributed by atoms with Crippen molar-refractivity contribution in [3.05, 3.63) is 24.3 Å². The van der Waals surface area contributed by atoms with Crippen LogP contribution in [0.2, 0.25) is 0 Å². The molecule has 14 heavy (non-hydrogen) atoms.